The summed E-state index contributed by atoms with van der Waals surface area (Å²) >= 11 is 6.33. The van der Waals surface area contributed by atoms with E-state index in [0.717, 1.165) is 22.0 Å². The number of hydrogen-bond acceptors (Lipinski definition) is 6. The van der Waals surface area contributed by atoms with E-state index in [9.17, 15) is 4.79 Å². The van der Waals surface area contributed by atoms with Crippen LogP contribution < -0.4 is 16.0 Å². The second-order valence-electron chi connectivity index (χ2n) is 7.78. The first-order chi connectivity index (χ1) is 15.7. The van der Waals surface area contributed by atoms with Crippen molar-refractivity contribution in [2.45, 2.75) is 39.5 Å². The Balaban J connectivity index is 1.88. The maximum absolute atomic E-state index is 11.1. The van der Waals surface area contributed by atoms with Crippen LogP contribution in [0.3, 0.4) is 0 Å². The maximum Gasteiger partial charge on any atom is 0.320 e. The van der Waals surface area contributed by atoms with E-state index in [0.29, 0.717) is 28.6 Å². The number of aromatic amines is 1. The summed E-state index contributed by atoms with van der Waals surface area (Å²) in [6.45, 7) is 9.91. The molecule has 1 atom stereocenters. The first kappa shape index (κ1) is 24.3. The van der Waals surface area contributed by atoms with Crippen molar-refractivity contribution >= 4 is 40.1 Å². The average molecular weight is 471 g/mol. The second-order valence-corrected chi connectivity index (χ2v) is 8.18. The number of fused-ring (bicyclic) bond motifs is 1. The average Bonchev–Trinajstić information content (AvgIpc) is 3.19. The number of aromatic nitrogens is 1. The van der Waals surface area contributed by atoms with Crippen LogP contribution in [0, 0.1) is 0 Å². The number of para-hydroxylation sites is 1. The SMILES string of the molecule is C=C(/N=C(\ON)c1ccc(OC(C)C)c(Cl)c1)c1cccc2c(CN[C@@H](C)C(=O)O)c[nH]c12. The molecule has 1 heterocycles. The van der Waals surface area contributed by atoms with Crippen LogP contribution in [0.15, 0.2) is 54.2 Å². The van der Waals surface area contributed by atoms with Gasteiger partial charge in [0.15, 0.2) is 0 Å². The smallest absolute Gasteiger partial charge is 0.320 e. The van der Waals surface area contributed by atoms with Crippen molar-refractivity contribution in [1.29, 1.82) is 0 Å². The van der Waals surface area contributed by atoms with Crippen molar-refractivity contribution in [2.24, 2.45) is 10.9 Å². The van der Waals surface area contributed by atoms with Crippen LogP contribution >= 0.6 is 11.6 Å². The number of carboxylic acid groups (broad SMARTS) is 1. The van der Waals surface area contributed by atoms with Gasteiger partial charge in [0.25, 0.3) is 0 Å². The van der Waals surface area contributed by atoms with Gasteiger partial charge in [-0.15, -0.1) is 0 Å². The highest BCUT2D eigenvalue weighted by molar-refractivity contribution is 6.32. The normalized spacial score (nSPS) is 12.7. The second kappa shape index (κ2) is 10.5. The molecular formula is C24H27ClN4O4. The van der Waals surface area contributed by atoms with Gasteiger partial charge in [0.2, 0.25) is 5.90 Å². The Hall–Kier alpha value is -3.33. The van der Waals surface area contributed by atoms with E-state index < -0.39 is 12.0 Å². The number of nitrogens with two attached hydrogens (primary N) is 1. The largest absolute Gasteiger partial charge is 0.489 e. The van der Waals surface area contributed by atoms with Gasteiger partial charge < -0.3 is 25.0 Å². The number of carboxylic acids is 1. The van der Waals surface area contributed by atoms with Crippen LogP contribution in [-0.2, 0) is 16.2 Å². The number of aliphatic imine (C=N–C) groups is 1. The fourth-order valence-electron chi connectivity index (χ4n) is 3.27. The molecule has 3 aromatic rings. The van der Waals surface area contributed by atoms with E-state index >= 15 is 0 Å². The fraction of sp³-hybridized carbons (Fsp3) is 0.250. The number of rotatable bonds is 9. The Kier molecular flexibility index (Phi) is 7.75. The third-order valence-corrected chi connectivity index (χ3v) is 5.27. The molecule has 0 aliphatic heterocycles. The van der Waals surface area contributed by atoms with Gasteiger partial charge in [0, 0.05) is 29.3 Å². The van der Waals surface area contributed by atoms with E-state index in [1.807, 2.05) is 38.2 Å². The zero-order valence-corrected chi connectivity index (χ0v) is 19.4. The number of nitrogens with one attached hydrogen (secondary N) is 2. The molecule has 0 saturated heterocycles. The van der Waals surface area contributed by atoms with Gasteiger partial charge in [0.1, 0.15) is 11.8 Å². The van der Waals surface area contributed by atoms with Gasteiger partial charge in [-0.1, -0.05) is 36.4 Å². The number of carbonyl (C=O) groups is 1. The Morgan fingerprint density at radius 1 is 1.30 bits per heavy atom. The summed E-state index contributed by atoms with van der Waals surface area (Å²) in [5.41, 5.74) is 3.51. The third kappa shape index (κ3) is 5.73. The van der Waals surface area contributed by atoms with Crippen molar-refractivity contribution in [3.63, 3.8) is 0 Å². The third-order valence-electron chi connectivity index (χ3n) is 4.97. The van der Waals surface area contributed by atoms with Gasteiger partial charge >= 0.3 is 5.97 Å². The molecule has 33 heavy (non-hydrogen) atoms. The Morgan fingerprint density at radius 3 is 2.70 bits per heavy atom. The molecule has 0 saturated carbocycles. The van der Waals surface area contributed by atoms with Crippen LogP contribution in [0.1, 0.15) is 37.5 Å². The van der Waals surface area contributed by atoms with E-state index in [4.69, 9.17) is 32.2 Å². The molecule has 5 N–H and O–H groups in total. The molecule has 2 aromatic carbocycles. The number of hydrogen-bond donors (Lipinski definition) is 4. The van der Waals surface area contributed by atoms with E-state index in [-0.39, 0.29) is 12.0 Å². The minimum Gasteiger partial charge on any atom is -0.489 e. The lowest BCUT2D eigenvalue weighted by molar-refractivity contribution is -0.139. The lowest BCUT2D eigenvalue weighted by atomic mass is 10.1. The summed E-state index contributed by atoms with van der Waals surface area (Å²) in [5.74, 6) is 5.30. The Labute approximate surface area is 197 Å². The van der Waals surface area contributed by atoms with Crippen LogP contribution in [0.4, 0.5) is 0 Å². The Bertz CT molecular complexity index is 1200. The molecule has 0 aliphatic rings. The standard InChI is InChI=1S/C24H27ClN4O4/c1-13(2)32-21-9-8-16(10-20(21)25)23(33-26)29-14(3)18-6-5-7-19-17(12-28-22(18)19)11-27-15(4)24(30)31/h5-10,12-13,15,27-28H,3,11,26H2,1-2,4H3,(H,30,31)/b29-23-/t15-/m0/s1. The summed E-state index contributed by atoms with van der Waals surface area (Å²) in [6.07, 6.45) is 1.82. The summed E-state index contributed by atoms with van der Waals surface area (Å²) in [7, 11) is 0. The summed E-state index contributed by atoms with van der Waals surface area (Å²) < 4.78 is 5.66. The van der Waals surface area contributed by atoms with Crippen molar-refractivity contribution in [2.75, 3.05) is 0 Å². The molecule has 0 radical (unpaired) electrons. The fourth-order valence-corrected chi connectivity index (χ4v) is 3.50. The highest BCUT2D eigenvalue weighted by Crippen LogP contribution is 2.29. The van der Waals surface area contributed by atoms with E-state index in [1.54, 1.807) is 25.1 Å². The minimum absolute atomic E-state index is 0.0132. The highest BCUT2D eigenvalue weighted by Gasteiger charge is 2.15. The quantitative estimate of drug-likeness (QED) is 0.208. The van der Waals surface area contributed by atoms with E-state index in [2.05, 4.69) is 21.9 Å². The topological polar surface area (TPSA) is 122 Å². The van der Waals surface area contributed by atoms with Crippen LogP contribution in [0.5, 0.6) is 5.75 Å². The molecule has 3 rings (SSSR count). The minimum atomic E-state index is -0.906. The summed E-state index contributed by atoms with van der Waals surface area (Å²) in [4.78, 5) is 23.8. The number of ether oxygens (including phenoxy) is 1. The van der Waals surface area contributed by atoms with Gasteiger partial charge in [0.05, 0.1) is 22.3 Å². The number of aliphatic carboxylic acids is 1. The number of H-pyrrole nitrogens is 1. The Morgan fingerprint density at radius 2 is 2.06 bits per heavy atom. The van der Waals surface area contributed by atoms with Gasteiger partial charge in [-0.3, -0.25) is 4.79 Å². The molecule has 0 unspecified atom stereocenters. The maximum atomic E-state index is 11.1. The molecule has 0 fully saturated rings. The summed E-state index contributed by atoms with van der Waals surface area (Å²) in [6, 6.07) is 10.2. The predicted molar refractivity (Wildman–Crippen MR) is 130 cm³/mol. The number of halogens is 1. The van der Waals surface area contributed by atoms with Gasteiger partial charge in [-0.25, -0.2) is 4.99 Å². The molecule has 174 valence electrons. The molecule has 0 spiro atoms. The van der Waals surface area contributed by atoms with Crippen LogP contribution in [-0.4, -0.2) is 34.1 Å². The zero-order chi connectivity index (χ0) is 24.1. The highest BCUT2D eigenvalue weighted by atomic mass is 35.5. The monoisotopic (exact) mass is 470 g/mol. The molecule has 9 heteroatoms. The van der Waals surface area contributed by atoms with Crippen molar-refractivity contribution < 1.29 is 19.5 Å². The van der Waals surface area contributed by atoms with Crippen molar-refractivity contribution in [3.8, 4) is 5.75 Å². The molecule has 0 aliphatic carbocycles. The molecular weight excluding hydrogens is 444 g/mol. The lowest BCUT2D eigenvalue weighted by Crippen LogP contribution is -2.32. The zero-order valence-electron chi connectivity index (χ0n) is 18.7. The van der Waals surface area contributed by atoms with Crippen LogP contribution in [0.25, 0.3) is 16.6 Å². The predicted octanol–water partition coefficient (Wildman–Crippen LogP) is 4.48. The molecule has 8 nitrogen and oxygen atoms in total. The molecule has 0 bridgehead atoms. The molecule has 1 aromatic heterocycles. The van der Waals surface area contributed by atoms with E-state index in [1.165, 1.54) is 0 Å². The number of benzene rings is 2. The lowest BCUT2D eigenvalue weighted by Gasteiger charge is -2.13. The van der Waals surface area contributed by atoms with Crippen LogP contribution in [0.2, 0.25) is 5.02 Å². The number of nitrogens with zero attached hydrogens (tertiary/aromatic N) is 1. The van der Waals surface area contributed by atoms with Gasteiger partial charge in [-0.05, 0) is 44.5 Å². The summed E-state index contributed by atoms with van der Waals surface area (Å²) in [5, 5.41) is 13.4. The van der Waals surface area contributed by atoms with Gasteiger partial charge in [-0.2, -0.15) is 5.90 Å². The molecule has 0 amide bonds. The first-order valence-electron chi connectivity index (χ1n) is 10.4. The first-order valence-corrected chi connectivity index (χ1v) is 10.8. The van der Waals surface area contributed by atoms with Crippen molar-refractivity contribution in [3.05, 3.63) is 70.9 Å². The van der Waals surface area contributed by atoms with Crippen molar-refractivity contribution in [1.82, 2.24) is 10.3 Å².